The van der Waals surface area contributed by atoms with E-state index in [0.717, 1.165) is 19.4 Å². The number of amides is 1. The van der Waals surface area contributed by atoms with E-state index in [1.165, 1.54) is 10.4 Å². The fourth-order valence-corrected chi connectivity index (χ4v) is 3.38. The zero-order chi connectivity index (χ0) is 12.6. The Morgan fingerprint density at radius 1 is 1.65 bits per heavy atom. The van der Waals surface area contributed by atoms with Crippen LogP contribution in [-0.2, 0) is 11.2 Å². The number of hydrogen-bond acceptors (Lipinski definition) is 3. The van der Waals surface area contributed by atoms with Gasteiger partial charge in [0, 0.05) is 11.4 Å². The van der Waals surface area contributed by atoms with Crippen LogP contribution >= 0.6 is 11.3 Å². The Kier molecular flexibility index (Phi) is 3.27. The van der Waals surface area contributed by atoms with Crippen molar-refractivity contribution in [2.45, 2.75) is 45.2 Å². The maximum atomic E-state index is 12.3. The van der Waals surface area contributed by atoms with E-state index in [1.807, 2.05) is 4.90 Å². The van der Waals surface area contributed by atoms with Crippen molar-refractivity contribution in [3.63, 3.8) is 0 Å². The normalized spacial score (nSPS) is 20.2. The lowest BCUT2D eigenvalue weighted by molar-refractivity contribution is -0.138. The highest BCUT2D eigenvalue weighted by Gasteiger charge is 2.35. The zero-order valence-corrected chi connectivity index (χ0v) is 11.5. The number of nitrogens with zero attached hydrogens (tertiary/aromatic N) is 1. The molecule has 1 aliphatic rings. The van der Waals surface area contributed by atoms with Crippen molar-refractivity contribution in [1.29, 1.82) is 0 Å². The van der Waals surface area contributed by atoms with Gasteiger partial charge in [-0.15, -0.1) is 11.3 Å². The highest BCUT2D eigenvalue weighted by Crippen LogP contribution is 2.35. The number of hydrogen-bond donors (Lipinski definition) is 1. The lowest BCUT2D eigenvalue weighted by Crippen LogP contribution is -2.53. The Balaban J connectivity index is 2.30. The van der Waals surface area contributed by atoms with Gasteiger partial charge in [0.1, 0.15) is 0 Å². The molecule has 1 atom stereocenters. The second-order valence-electron chi connectivity index (χ2n) is 5.19. The summed E-state index contributed by atoms with van der Waals surface area (Å²) in [6.07, 6.45) is 1.91. The third-order valence-electron chi connectivity index (χ3n) is 3.29. The number of fused-ring (bicyclic) bond motifs is 1. The highest BCUT2D eigenvalue weighted by atomic mass is 32.1. The summed E-state index contributed by atoms with van der Waals surface area (Å²) in [7, 11) is 0. The molecule has 17 heavy (non-hydrogen) atoms. The molecule has 94 valence electrons. The SMILES string of the molecule is CCC1c2ccsc2CCN1C(=O)C(C)(C)N. The van der Waals surface area contributed by atoms with Crippen LogP contribution in [0.25, 0.3) is 0 Å². The predicted molar refractivity (Wildman–Crippen MR) is 71.0 cm³/mol. The average Bonchev–Trinajstić information content (AvgIpc) is 2.73. The van der Waals surface area contributed by atoms with Gasteiger partial charge in [-0.1, -0.05) is 6.92 Å². The minimum Gasteiger partial charge on any atom is -0.334 e. The van der Waals surface area contributed by atoms with E-state index in [4.69, 9.17) is 5.73 Å². The van der Waals surface area contributed by atoms with E-state index in [0.29, 0.717) is 0 Å². The summed E-state index contributed by atoms with van der Waals surface area (Å²) < 4.78 is 0. The Labute approximate surface area is 107 Å². The summed E-state index contributed by atoms with van der Waals surface area (Å²) >= 11 is 1.80. The molecule has 0 radical (unpaired) electrons. The smallest absolute Gasteiger partial charge is 0.242 e. The van der Waals surface area contributed by atoms with Crippen molar-refractivity contribution in [3.8, 4) is 0 Å². The van der Waals surface area contributed by atoms with Crippen LogP contribution in [0, 0.1) is 0 Å². The molecule has 0 bridgehead atoms. The second kappa shape index (κ2) is 4.42. The Hall–Kier alpha value is -0.870. The van der Waals surface area contributed by atoms with Crippen molar-refractivity contribution < 1.29 is 4.79 Å². The molecular formula is C13H20N2OS. The van der Waals surface area contributed by atoms with Gasteiger partial charge in [-0.2, -0.15) is 0 Å². The van der Waals surface area contributed by atoms with Crippen molar-refractivity contribution >= 4 is 17.2 Å². The molecule has 4 heteroatoms. The molecule has 0 fully saturated rings. The summed E-state index contributed by atoms with van der Waals surface area (Å²) in [6.45, 7) is 6.49. The fourth-order valence-electron chi connectivity index (χ4n) is 2.45. The van der Waals surface area contributed by atoms with Crippen molar-refractivity contribution in [2.24, 2.45) is 5.73 Å². The van der Waals surface area contributed by atoms with Crippen LogP contribution in [-0.4, -0.2) is 22.9 Å². The fraction of sp³-hybridized carbons (Fsp3) is 0.615. The molecule has 1 aliphatic heterocycles. The molecule has 2 rings (SSSR count). The first-order chi connectivity index (χ1) is 7.95. The quantitative estimate of drug-likeness (QED) is 0.878. The zero-order valence-electron chi connectivity index (χ0n) is 10.7. The standard InChI is InChI=1S/C13H20N2OS/c1-4-10-9-6-8-17-11(9)5-7-15(10)12(16)13(2,3)14/h6,8,10H,4-5,7,14H2,1-3H3. The minimum atomic E-state index is -0.777. The van der Waals surface area contributed by atoms with Gasteiger partial charge in [-0.3, -0.25) is 4.79 Å². The van der Waals surface area contributed by atoms with E-state index in [1.54, 1.807) is 25.2 Å². The topological polar surface area (TPSA) is 46.3 Å². The van der Waals surface area contributed by atoms with E-state index < -0.39 is 5.54 Å². The molecule has 3 nitrogen and oxygen atoms in total. The molecule has 1 aromatic rings. The van der Waals surface area contributed by atoms with E-state index >= 15 is 0 Å². The first-order valence-electron chi connectivity index (χ1n) is 6.11. The summed E-state index contributed by atoms with van der Waals surface area (Å²) in [5, 5.41) is 2.12. The van der Waals surface area contributed by atoms with Gasteiger partial charge in [0.2, 0.25) is 5.91 Å². The first-order valence-corrected chi connectivity index (χ1v) is 6.99. The predicted octanol–water partition coefficient (Wildman–Crippen LogP) is 2.32. The maximum Gasteiger partial charge on any atom is 0.242 e. The maximum absolute atomic E-state index is 12.3. The molecule has 1 amide bonds. The van der Waals surface area contributed by atoms with E-state index in [2.05, 4.69) is 18.4 Å². The summed E-state index contributed by atoms with van der Waals surface area (Å²) in [5.41, 5.74) is 6.48. The summed E-state index contributed by atoms with van der Waals surface area (Å²) in [5.74, 6) is 0.0567. The molecule has 0 aromatic carbocycles. The highest BCUT2D eigenvalue weighted by molar-refractivity contribution is 7.10. The molecule has 0 saturated carbocycles. The third kappa shape index (κ3) is 2.24. The average molecular weight is 252 g/mol. The molecule has 0 aliphatic carbocycles. The molecule has 0 spiro atoms. The lowest BCUT2D eigenvalue weighted by Gasteiger charge is -2.38. The number of thiophene rings is 1. The summed E-state index contributed by atoms with van der Waals surface area (Å²) in [4.78, 5) is 15.7. The first kappa shape index (κ1) is 12.6. The van der Waals surface area contributed by atoms with Crippen LogP contribution in [0.2, 0.25) is 0 Å². The third-order valence-corrected chi connectivity index (χ3v) is 4.29. The summed E-state index contributed by atoms with van der Waals surface area (Å²) in [6, 6.07) is 2.36. The number of carbonyl (C=O) groups excluding carboxylic acids is 1. The molecule has 1 aromatic heterocycles. The molecule has 0 saturated heterocycles. The number of rotatable bonds is 2. The Bertz CT molecular complexity index is 419. The van der Waals surface area contributed by atoms with Crippen molar-refractivity contribution in [3.05, 3.63) is 21.9 Å². The molecule has 2 N–H and O–H groups in total. The minimum absolute atomic E-state index is 0.0567. The van der Waals surface area contributed by atoms with Gasteiger partial charge in [-0.25, -0.2) is 0 Å². The van der Waals surface area contributed by atoms with Crippen LogP contribution in [0.15, 0.2) is 11.4 Å². The van der Waals surface area contributed by atoms with Crippen LogP contribution < -0.4 is 5.73 Å². The number of nitrogens with two attached hydrogens (primary N) is 1. The molecule has 1 unspecified atom stereocenters. The second-order valence-corrected chi connectivity index (χ2v) is 6.19. The molecular weight excluding hydrogens is 232 g/mol. The van der Waals surface area contributed by atoms with Crippen LogP contribution in [0.4, 0.5) is 0 Å². The Morgan fingerprint density at radius 2 is 2.35 bits per heavy atom. The van der Waals surface area contributed by atoms with Gasteiger partial charge >= 0.3 is 0 Å². The molecule has 2 heterocycles. The van der Waals surface area contributed by atoms with Crippen LogP contribution in [0.3, 0.4) is 0 Å². The van der Waals surface area contributed by atoms with Gasteiger partial charge in [0.15, 0.2) is 0 Å². The van der Waals surface area contributed by atoms with Gasteiger partial charge in [0.25, 0.3) is 0 Å². The van der Waals surface area contributed by atoms with Crippen LogP contribution in [0.1, 0.15) is 43.7 Å². The van der Waals surface area contributed by atoms with Gasteiger partial charge in [-0.05, 0) is 43.7 Å². The van der Waals surface area contributed by atoms with Gasteiger partial charge < -0.3 is 10.6 Å². The van der Waals surface area contributed by atoms with E-state index in [9.17, 15) is 4.79 Å². The Morgan fingerprint density at radius 3 is 2.94 bits per heavy atom. The van der Waals surface area contributed by atoms with Crippen LogP contribution in [0.5, 0.6) is 0 Å². The lowest BCUT2D eigenvalue weighted by atomic mass is 9.94. The monoisotopic (exact) mass is 252 g/mol. The number of carbonyl (C=O) groups is 1. The largest absolute Gasteiger partial charge is 0.334 e. The van der Waals surface area contributed by atoms with E-state index in [-0.39, 0.29) is 11.9 Å². The van der Waals surface area contributed by atoms with Crippen molar-refractivity contribution in [2.75, 3.05) is 6.54 Å². The van der Waals surface area contributed by atoms with Gasteiger partial charge in [0.05, 0.1) is 11.6 Å². The van der Waals surface area contributed by atoms with Crippen molar-refractivity contribution in [1.82, 2.24) is 4.90 Å².